The van der Waals surface area contributed by atoms with E-state index in [1.807, 2.05) is 36.4 Å². The third kappa shape index (κ3) is 3.56. The first-order valence-corrected chi connectivity index (χ1v) is 7.94. The van der Waals surface area contributed by atoms with Crippen molar-refractivity contribution in [2.24, 2.45) is 11.5 Å². The topological polar surface area (TPSA) is 126 Å². The molecule has 4 rings (SSSR count). The van der Waals surface area contributed by atoms with Gasteiger partial charge in [0.05, 0.1) is 0 Å². The highest BCUT2D eigenvalue weighted by Gasteiger charge is 2.06. The molecule has 0 fully saturated rings. The fraction of sp³-hybridized carbons (Fsp3) is 0. The highest BCUT2D eigenvalue weighted by molar-refractivity contribution is 5.99. The Kier molecular flexibility index (Phi) is 4.75. The number of fused-ring (bicyclic) bond motifs is 2. The lowest BCUT2D eigenvalue weighted by Gasteiger charge is -1.96. The fourth-order valence-electron chi connectivity index (χ4n) is 2.77. The van der Waals surface area contributed by atoms with E-state index in [1.54, 1.807) is 24.3 Å². The van der Waals surface area contributed by atoms with E-state index in [2.05, 4.69) is 0 Å². The number of halogens is 1. The number of rotatable bonds is 4. The highest BCUT2D eigenvalue weighted by atomic mass is 35.5. The average molecular weight is 381 g/mol. The van der Waals surface area contributed by atoms with Crippen molar-refractivity contribution in [3.05, 3.63) is 71.2 Å². The van der Waals surface area contributed by atoms with Gasteiger partial charge in [0, 0.05) is 21.9 Å². The first-order chi connectivity index (χ1) is 12.5. The summed E-state index contributed by atoms with van der Waals surface area (Å²) in [7, 11) is 0. The molecule has 6 N–H and O–H groups in total. The minimum absolute atomic E-state index is 0. The quantitative estimate of drug-likeness (QED) is 0.310. The van der Waals surface area contributed by atoms with E-state index < -0.39 is 0 Å². The van der Waals surface area contributed by atoms with Gasteiger partial charge in [-0.15, -0.1) is 12.4 Å². The molecule has 0 aliphatic rings. The SMILES string of the molecule is Cl.N=C(N)c1ccc2cc(/C=C/c3cc4ccc(C(=N)N)cc4o3)oc2c1. The summed E-state index contributed by atoms with van der Waals surface area (Å²) >= 11 is 0. The lowest BCUT2D eigenvalue weighted by atomic mass is 10.1. The fourth-order valence-corrected chi connectivity index (χ4v) is 2.77. The molecule has 0 unspecified atom stereocenters. The molecule has 0 radical (unpaired) electrons. The smallest absolute Gasteiger partial charge is 0.135 e. The van der Waals surface area contributed by atoms with Gasteiger partial charge >= 0.3 is 0 Å². The molecule has 27 heavy (non-hydrogen) atoms. The second-order valence-corrected chi connectivity index (χ2v) is 5.96. The minimum atomic E-state index is 0. The Morgan fingerprint density at radius 3 is 1.48 bits per heavy atom. The van der Waals surface area contributed by atoms with Crippen molar-refractivity contribution in [2.45, 2.75) is 0 Å². The van der Waals surface area contributed by atoms with E-state index in [0.717, 1.165) is 10.8 Å². The van der Waals surface area contributed by atoms with Crippen LogP contribution in [-0.4, -0.2) is 11.7 Å². The maximum Gasteiger partial charge on any atom is 0.135 e. The van der Waals surface area contributed by atoms with Gasteiger partial charge in [0.2, 0.25) is 0 Å². The van der Waals surface area contributed by atoms with Crippen LogP contribution in [0.2, 0.25) is 0 Å². The standard InChI is InChI=1S/C20H16N4O2.ClH/c21-19(22)13-3-1-11-7-15(25-17(11)9-13)5-6-16-8-12-2-4-14(20(23)24)10-18(12)26-16;/h1-10H,(H3,21,22)(H3,23,24);1H/b6-5+;. The van der Waals surface area contributed by atoms with Gasteiger partial charge in [0.15, 0.2) is 0 Å². The number of amidine groups is 2. The second-order valence-electron chi connectivity index (χ2n) is 5.96. The zero-order chi connectivity index (χ0) is 18.3. The van der Waals surface area contributed by atoms with Gasteiger partial charge < -0.3 is 20.3 Å². The number of benzene rings is 2. The van der Waals surface area contributed by atoms with Gasteiger partial charge in [-0.25, -0.2) is 0 Å². The van der Waals surface area contributed by atoms with Crippen molar-refractivity contribution in [3.63, 3.8) is 0 Å². The Balaban J connectivity index is 0.00000210. The van der Waals surface area contributed by atoms with E-state index in [0.29, 0.717) is 33.8 Å². The summed E-state index contributed by atoms with van der Waals surface area (Å²) in [4.78, 5) is 0. The molecule has 2 aromatic carbocycles. The maximum absolute atomic E-state index is 7.49. The van der Waals surface area contributed by atoms with E-state index in [1.165, 1.54) is 0 Å². The minimum Gasteiger partial charge on any atom is -0.457 e. The molecule has 0 amide bonds. The van der Waals surface area contributed by atoms with Crippen LogP contribution in [-0.2, 0) is 0 Å². The molecule has 6 nitrogen and oxygen atoms in total. The molecule has 0 atom stereocenters. The van der Waals surface area contributed by atoms with Crippen LogP contribution in [0.25, 0.3) is 34.1 Å². The Labute approximate surface area is 160 Å². The first-order valence-electron chi connectivity index (χ1n) is 7.94. The Morgan fingerprint density at radius 1 is 0.704 bits per heavy atom. The molecule has 4 aromatic rings. The number of furan rings is 2. The largest absolute Gasteiger partial charge is 0.457 e. The molecule has 2 heterocycles. The van der Waals surface area contributed by atoms with Crippen molar-refractivity contribution >= 4 is 58.2 Å². The molecule has 0 aliphatic heterocycles. The third-order valence-corrected chi connectivity index (χ3v) is 4.11. The van der Waals surface area contributed by atoms with Gasteiger partial charge in [-0.05, 0) is 36.4 Å². The molecule has 136 valence electrons. The monoisotopic (exact) mass is 380 g/mol. The predicted molar refractivity (Wildman–Crippen MR) is 111 cm³/mol. The van der Waals surface area contributed by atoms with Crippen LogP contribution in [0.1, 0.15) is 22.6 Å². The number of hydrogen-bond donors (Lipinski definition) is 4. The van der Waals surface area contributed by atoms with Crippen LogP contribution in [0.5, 0.6) is 0 Å². The number of nitrogen functional groups attached to an aromatic ring is 2. The molecular formula is C20H17ClN4O2. The van der Waals surface area contributed by atoms with Crippen molar-refractivity contribution < 1.29 is 8.83 Å². The number of nitrogens with two attached hydrogens (primary N) is 2. The maximum atomic E-state index is 7.49. The van der Waals surface area contributed by atoms with E-state index in [4.69, 9.17) is 31.1 Å². The lowest BCUT2D eigenvalue weighted by molar-refractivity contribution is 0.599. The average Bonchev–Trinajstić information content (AvgIpc) is 3.21. The molecule has 2 aromatic heterocycles. The third-order valence-electron chi connectivity index (χ3n) is 4.11. The first kappa shape index (κ1) is 18.3. The molecule has 0 saturated carbocycles. The zero-order valence-corrected chi connectivity index (χ0v) is 15.0. The van der Waals surface area contributed by atoms with Gasteiger partial charge in [-0.2, -0.15) is 0 Å². The Morgan fingerprint density at radius 2 is 1.11 bits per heavy atom. The van der Waals surface area contributed by atoms with Gasteiger partial charge in [0.1, 0.15) is 34.4 Å². The van der Waals surface area contributed by atoms with Crippen LogP contribution in [0.3, 0.4) is 0 Å². The van der Waals surface area contributed by atoms with Crippen LogP contribution < -0.4 is 11.5 Å². The zero-order valence-electron chi connectivity index (χ0n) is 14.2. The highest BCUT2D eigenvalue weighted by Crippen LogP contribution is 2.25. The summed E-state index contributed by atoms with van der Waals surface area (Å²) in [6.45, 7) is 0. The van der Waals surface area contributed by atoms with E-state index in [-0.39, 0.29) is 24.1 Å². The predicted octanol–water partition coefficient (Wildman–Crippen LogP) is 4.34. The van der Waals surface area contributed by atoms with Crippen LogP contribution in [0, 0.1) is 10.8 Å². The second kappa shape index (κ2) is 7.01. The van der Waals surface area contributed by atoms with Crippen LogP contribution in [0.15, 0.2) is 57.4 Å². The summed E-state index contributed by atoms with van der Waals surface area (Å²) < 4.78 is 11.6. The van der Waals surface area contributed by atoms with Gasteiger partial charge in [0.25, 0.3) is 0 Å². The summed E-state index contributed by atoms with van der Waals surface area (Å²) in [5, 5.41) is 16.9. The van der Waals surface area contributed by atoms with Crippen molar-refractivity contribution in [1.82, 2.24) is 0 Å². The van der Waals surface area contributed by atoms with Crippen molar-refractivity contribution in [3.8, 4) is 0 Å². The summed E-state index contributed by atoms with van der Waals surface area (Å²) in [5.41, 5.74) is 13.6. The van der Waals surface area contributed by atoms with E-state index >= 15 is 0 Å². The summed E-state index contributed by atoms with van der Waals surface area (Å²) in [6, 6.07) is 14.6. The van der Waals surface area contributed by atoms with Gasteiger partial charge in [-0.1, -0.05) is 24.3 Å². The summed E-state index contributed by atoms with van der Waals surface area (Å²) in [6.07, 6.45) is 3.63. The molecule has 0 bridgehead atoms. The van der Waals surface area contributed by atoms with Crippen LogP contribution in [0.4, 0.5) is 0 Å². The molecular weight excluding hydrogens is 364 g/mol. The Bertz CT molecular complexity index is 1110. The summed E-state index contributed by atoms with van der Waals surface area (Å²) in [5.74, 6) is 1.36. The van der Waals surface area contributed by atoms with E-state index in [9.17, 15) is 0 Å². The molecule has 0 saturated heterocycles. The van der Waals surface area contributed by atoms with Crippen molar-refractivity contribution in [2.75, 3.05) is 0 Å². The molecule has 7 heteroatoms. The normalized spacial score (nSPS) is 11.1. The number of nitrogens with one attached hydrogen (secondary N) is 2. The molecule has 0 spiro atoms. The van der Waals surface area contributed by atoms with Crippen LogP contribution >= 0.6 is 12.4 Å². The van der Waals surface area contributed by atoms with Crippen molar-refractivity contribution in [1.29, 1.82) is 10.8 Å². The lowest BCUT2D eigenvalue weighted by Crippen LogP contribution is -2.10. The Hall–Kier alpha value is -3.51. The van der Waals surface area contributed by atoms with Gasteiger partial charge in [-0.3, -0.25) is 10.8 Å². The molecule has 0 aliphatic carbocycles. The number of hydrogen-bond acceptors (Lipinski definition) is 4.